The van der Waals surface area contributed by atoms with Gasteiger partial charge in [-0.05, 0) is 45.2 Å². The summed E-state index contributed by atoms with van der Waals surface area (Å²) < 4.78 is 0. The Bertz CT molecular complexity index is 864. The number of hydrogen-bond acceptors (Lipinski definition) is 5. The molecule has 2 heterocycles. The van der Waals surface area contributed by atoms with E-state index < -0.39 is 0 Å². The highest BCUT2D eigenvalue weighted by Crippen LogP contribution is 2.26. The molecule has 6 heteroatoms. The lowest BCUT2D eigenvalue weighted by Crippen LogP contribution is -2.35. The van der Waals surface area contributed by atoms with Gasteiger partial charge in [0, 0.05) is 50.5 Å². The van der Waals surface area contributed by atoms with Crippen LogP contribution >= 0.6 is 0 Å². The van der Waals surface area contributed by atoms with E-state index in [0.29, 0.717) is 12.1 Å². The van der Waals surface area contributed by atoms with Crippen molar-refractivity contribution in [1.29, 1.82) is 0 Å². The van der Waals surface area contributed by atoms with Gasteiger partial charge in [-0.1, -0.05) is 24.3 Å². The molecular formula is C22H31N5O. The standard InChI is InChI=1S/C22H31N5O/c1-14-9-7-8-10-19(14)17(4)23-18-11-12-27(13-18)21-15(2)16(3)24-20(25-21)22(28)26(5)6/h7-10,17-18,23H,11-13H2,1-6H3/t17?,18-/m1/s1. The lowest BCUT2D eigenvalue weighted by Gasteiger charge is -2.24. The van der Waals surface area contributed by atoms with Crippen LogP contribution in [0.1, 0.15) is 52.4 Å². The van der Waals surface area contributed by atoms with Gasteiger partial charge in [0.25, 0.3) is 5.91 Å². The number of rotatable bonds is 5. The van der Waals surface area contributed by atoms with E-state index in [1.807, 2.05) is 13.8 Å². The maximum atomic E-state index is 12.3. The minimum Gasteiger partial charge on any atom is -0.355 e. The largest absolute Gasteiger partial charge is 0.355 e. The Hall–Kier alpha value is -2.47. The monoisotopic (exact) mass is 381 g/mol. The number of anilines is 1. The van der Waals surface area contributed by atoms with Gasteiger partial charge in [0.15, 0.2) is 0 Å². The van der Waals surface area contributed by atoms with Crippen LogP contribution in [0.15, 0.2) is 24.3 Å². The van der Waals surface area contributed by atoms with Crippen LogP contribution in [0, 0.1) is 20.8 Å². The highest BCUT2D eigenvalue weighted by atomic mass is 16.2. The molecule has 1 aliphatic heterocycles. The SMILES string of the molecule is Cc1ccccc1C(C)N[C@@H]1CCN(c2nc(C(=O)N(C)C)nc(C)c2C)C1. The molecule has 28 heavy (non-hydrogen) atoms. The fraction of sp³-hybridized carbons (Fsp3) is 0.500. The number of aryl methyl sites for hydroxylation is 2. The number of amides is 1. The van der Waals surface area contributed by atoms with E-state index in [1.165, 1.54) is 16.0 Å². The number of hydrogen-bond donors (Lipinski definition) is 1. The summed E-state index contributed by atoms with van der Waals surface area (Å²) in [4.78, 5) is 25.2. The molecular weight excluding hydrogens is 350 g/mol. The Kier molecular flexibility index (Phi) is 5.98. The van der Waals surface area contributed by atoms with Crippen LogP contribution < -0.4 is 10.2 Å². The Morgan fingerprint density at radius 1 is 1.21 bits per heavy atom. The molecule has 0 spiro atoms. The average Bonchev–Trinajstić information content (AvgIpc) is 3.11. The smallest absolute Gasteiger partial charge is 0.291 e. The van der Waals surface area contributed by atoms with Gasteiger partial charge in [-0.15, -0.1) is 0 Å². The van der Waals surface area contributed by atoms with E-state index in [-0.39, 0.29) is 11.7 Å². The Morgan fingerprint density at radius 2 is 1.93 bits per heavy atom. The number of benzene rings is 1. The quantitative estimate of drug-likeness (QED) is 0.863. The topological polar surface area (TPSA) is 61.4 Å². The van der Waals surface area contributed by atoms with Gasteiger partial charge in [0.05, 0.1) is 0 Å². The molecule has 1 saturated heterocycles. The summed E-state index contributed by atoms with van der Waals surface area (Å²) in [5.41, 5.74) is 4.56. The van der Waals surface area contributed by atoms with Gasteiger partial charge < -0.3 is 15.1 Å². The lowest BCUT2D eigenvalue weighted by atomic mass is 10.0. The minimum absolute atomic E-state index is 0.161. The molecule has 0 aliphatic carbocycles. The van der Waals surface area contributed by atoms with Gasteiger partial charge in [-0.25, -0.2) is 9.97 Å². The van der Waals surface area contributed by atoms with Gasteiger partial charge in [-0.3, -0.25) is 4.79 Å². The van der Waals surface area contributed by atoms with Gasteiger partial charge in [0.1, 0.15) is 5.82 Å². The van der Waals surface area contributed by atoms with Crippen LogP contribution in [-0.4, -0.2) is 54.0 Å². The Morgan fingerprint density at radius 3 is 2.61 bits per heavy atom. The summed E-state index contributed by atoms with van der Waals surface area (Å²) in [6, 6.07) is 9.21. The van der Waals surface area contributed by atoms with Crippen LogP contribution in [0.2, 0.25) is 0 Å². The Balaban J connectivity index is 1.75. The first-order chi connectivity index (χ1) is 13.3. The van der Waals surface area contributed by atoms with E-state index in [0.717, 1.165) is 36.6 Å². The zero-order chi connectivity index (χ0) is 20.4. The molecule has 2 aromatic rings. The third-order valence-corrected chi connectivity index (χ3v) is 5.59. The third kappa shape index (κ3) is 4.17. The fourth-order valence-electron chi connectivity index (χ4n) is 3.82. The van der Waals surface area contributed by atoms with E-state index in [9.17, 15) is 4.79 Å². The summed E-state index contributed by atoms with van der Waals surface area (Å²) in [7, 11) is 3.45. The molecule has 1 fully saturated rings. The molecule has 0 bridgehead atoms. The minimum atomic E-state index is -0.161. The second-order valence-electron chi connectivity index (χ2n) is 7.96. The zero-order valence-electron chi connectivity index (χ0n) is 17.8. The second-order valence-corrected chi connectivity index (χ2v) is 7.96. The zero-order valence-corrected chi connectivity index (χ0v) is 17.8. The molecule has 0 radical (unpaired) electrons. The molecule has 3 rings (SSSR count). The van der Waals surface area contributed by atoms with Crippen LogP contribution in [-0.2, 0) is 0 Å². The molecule has 1 aromatic carbocycles. The highest BCUT2D eigenvalue weighted by Gasteiger charge is 2.28. The molecule has 1 amide bonds. The van der Waals surface area contributed by atoms with Crippen molar-refractivity contribution < 1.29 is 4.79 Å². The van der Waals surface area contributed by atoms with E-state index in [4.69, 9.17) is 0 Å². The second kappa shape index (κ2) is 8.27. The van der Waals surface area contributed by atoms with Crippen LogP contribution in [0.25, 0.3) is 0 Å². The molecule has 2 atom stereocenters. The predicted octanol–water partition coefficient (Wildman–Crippen LogP) is 3.03. The summed E-state index contributed by atoms with van der Waals surface area (Å²) in [5, 5.41) is 3.77. The van der Waals surface area contributed by atoms with Crippen molar-refractivity contribution >= 4 is 11.7 Å². The number of nitrogens with one attached hydrogen (secondary N) is 1. The van der Waals surface area contributed by atoms with Crippen molar-refractivity contribution in [3.05, 3.63) is 52.5 Å². The fourth-order valence-corrected chi connectivity index (χ4v) is 3.82. The van der Waals surface area contributed by atoms with Crippen molar-refractivity contribution in [2.45, 2.75) is 46.2 Å². The maximum absolute atomic E-state index is 12.3. The number of carbonyl (C=O) groups excluding carboxylic acids is 1. The number of carbonyl (C=O) groups is 1. The number of nitrogens with zero attached hydrogens (tertiary/aromatic N) is 4. The summed E-state index contributed by atoms with van der Waals surface area (Å²) in [5.74, 6) is 0.990. The van der Waals surface area contributed by atoms with Crippen molar-refractivity contribution in [3.8, 4) is 0 Å². The first-order valence-electron chi connectivity index (χ1n) is 9.91. The highest BCUT2D eigenvalue weighted by molar-refractivity contribution is 5.90. The maximum Gasteiger partial charge on any atom is 0.291 e. The predicted molar refractivity (Wildman–Crippen MR) is 113 cm³/mol. The van der Waals surface area contributed by atoms with Crippen LogP contribution in [0.3, 0.4) is 0 Å². The van der Waals surface area contributed by atoms with E-state index >= 15 is 0 Å². The van der Waals surface area contributed by atoms with E-state index in [1.54, 1.807) is 14.1 Å². The molecule has 1 aromatic heterocycles. The first-order valence-corrected chi connectivity index (χ1v) is 9.91. The van der Waals surface area contributed by atoms with Crippen molar-refractivity contribution in [3.63, 3.8) is 0 Å². The average molecular weight is 382 g/mol. The molecule has 6 nitrogen and oxygen atoms in total. The Labute approximate surface area is 168 Å². The normalized spacial score (nSPS) is 17.6. The third-order valence-electron chi connectivity index (χ3n) is 5.59. The van der Waals surface area contributed by atoms with Crippen molar-refractivity contribution in [2.75, 3.05) is 32.1 Å². The van der Waals surface area contributed by atoms with Crippen LogP contribution in [0.5, 0.6) is 0 Å². The van der Waals surface area contributed by atoms with Crippen molar-refractivity contribution in [2.24, 2.45) is 0 Å². The van der Waals surface area contributed by atoms with Gasteiger partial charge in [-0.2, -0.15) is 0 Å². The summed E-state index contributed by atoms with van der Waals surface area (Å²) in [6.07, 6.45) is 1.05. The van der Waals surface area contributed by atoms with E-state index in [2.05, 4.69) is 58.3 Å². The molecule has 1 unspecified atom stereocenters. The molecule has 150 valence electrons. The molecule has 1 aliphatic rings. The molecule has 0 saturated carbocycles. The van der Waals surface area contributed by atoms with Crippen molar-refractivity contribution in [1.82, 2.24) is 20.2 Å². The summed E-state index contributed by atoms with van der Waals surface area (Å²) in [6.45, 7) is 10.2. The first kappa shape index (κ1) is 20.3. The molecule has 1 N–H and O–H groups in total. The van der Waals surface area contributed by atoms with Crippen LogP contribution in [0.4, 0.5) is 5.82 Å². The van der Waals surface area contributed by atoms with Gasteiger partial charge in [0.2, 0.25) is 5.82 Å². The summed E-state index contributed by atoms with van der Waals surface area (Å²) >= 11 is 0. The number of aromatic nitrogens is 2. The van der Waals surface area contributed by atoms with Gasteiger partial charge >= 0.3 is 0 Å². The lowest BCUT2D eigenvalue weighted by molar-refractivity contribution is 0.0815.